The highest BCUT2D eigenvalue weighted by Crippen LogP contribution is 2.22. The van der Waals surface area contributed by atoms with Crippen molar-refractivity contribution in [1.29, 1.82) is 0 Å². The third kappa shape index (κ3) is 5.45. The molecular weight excluding hydrogens is 415 g/mol. The van der Waals surface area contributed by atoms with E-state index in [1.54, 1.807) is 23.1 Å². The number of nitrogens with zero attached hydrogens (tertiary/aromatic N) is 3. The van der Waals surface area contributed by atoms with Crippen molar-refractivity contribution < 1.29 is 14.0 Å². The van der Waals surface area contributed by atoms with Crippen LogP contribution in [0.1, 0.15) is 28.9 Å². The van der Waals surface area contributed by atoms with Gasteiger partial charge in [-0.05, 0) is 37.1 Å². The van der Waals surface area contributed by atoms with Gasteiger partial charge in [-0.2, -0.15) is 0 Å². The van der Waals surface area contributed by atoms with E-state index in [9.17, 15) is 14.0 Å². The number of carbonyl (C=O) groups excluding carboxylic acids is 2. The summed E-state index contributed by atoms with van der Waals surface area (Å²) in [5, 5.41) is 3.59. The van der Waals surface area contributed by atoms with Gasteiger partial charge < -0.3 is 10.2 Å². The molecule has 0 bridgehead atoms. The largest absolute Gasteiger partial charge is 0.356 e. The van der Waals surface area contributed by atoms with E-state index in [4.69, 9.17) is 11.6 Å². The number of nitrogens with one attached hydrogen (secondary N) is 1. The van der Waals surface area contributed by atoms with Gasteiger partial charge in [0.2, 0.25) is 5.91 Å². The molecule has 9 heteroatoms. The van der Waals surface area contributed by atoms with Crippen molar-refractivity contribution in [3.05, 3.63) is 52.6 Å². The summed E-state index contributed by atoms with van der Waals surface area (Å²) >= 11 is 7.43. The summed E-state index contributed by atoms with van der Waals surface area (Å²) < 4.78 is 13.6. The number of rotatable bonds is 6. The molecule has 1 aliphatic rings. The Morgan fingerprint density at radius 3 is 2.72 bits per heavy atom. The molecule has 1 aliphatic heterocycles. The Morgan fingerprint density at radius 1 is 1.31 bits per heavy atom. The molecule has 1 aromatic carbocycles. The van der Waals surface area contributed by atoms with E-state index in [1.807, 2.05) is 6.26 Å². The van der Waals surface area contributed by atoms with E-state index >= 15 is 0 Å². The molecule has 154 valence electrons. The van der Waals surface area contributed by atoms with Crippen molar-refractivity contribution in [3.8, 4) is 0 Å². The minimum absolute atomic E-state index is 0.0572. The fourth-order valence-corrected chi connectivity index (χ4v) is 3.77. The molecule has 2 heterocycles. The third-order valence-electron chi connectivity index (χ3n) is 4.91. The Morgan fingerprint density at radius 2 is 2.03 bits per heavy atom. The lowest BCUT2D eigenvalue weighted by atomic mass is 9.95. The number of piperidine rings is 1. The SMILES string of the molecule is CSc1ncc(Cl)c(C(=O)N2CCC(C(=O)NCCc3ccccc3F)CC2)n1. The second kappa shape index (κ2) is 10.0. The first-order chi connectivity index (χ1) is 14.0. The third-order valence-corrected chi connectivity index (χ3v) is 5.75. The molecule has 1 aromatic heterocycles. The molecule has 6 nitrogen and oxygen atoms in total. The average molecular weight is 437 g/mol. The lowest BCUT2D eigenvalue weighted by Crippen LogP contribution is -2.43. The summed E-state index contributed by atoms with van der Waals surface area (Å²) in [7, 11) is 0. The second-order valence-electron chi connectivity index (χ2n) is 6.75. The summed E-state index contributed by atoms with van der Waals surface area (Å²) in [4.78, 5) is 35.1. The first kappa shape index (κ1) is 21.5. The number of benzene rings is 1. The molecule has 0 unspecified atom stereocenters. The zero-order valence-electron chi connectivity index (χ0n) is 16.0. The van der Waals surface area contributed by atoms with Gasteiger partial charge >= 0.3 is 0 Å². The summed E-state index contributed by atoms with van der Waals surface area (Å²) in [5.41, 5.74) is 0.776. The molecule has 0 atom stereocenters. The first-order valence-corrected chi connectivity index (χ1v) is 11.0. The molecule has 0 aliphatic carbocycles. The zero-order valence-corrected chi connectivity index (χ0v) is 17.6. The molecule has 0 saturated carbocycles. The molecule has 2 aromatic rings. The van der Waals surface area contributed by atoms with Crippen LogP contribution in [0.15, 0.2) is 35.6 Å². The standard InChI is InChI=1S/C20H22ClFN4O2S/c1-29-20-24-12-15(21)17(25-20)19(28)26-10-7-14(8-11-26)18(27)23-9-6-13-4-2-3-5-16(13)22/h2-5,12,14H,6-11H2,1H3,(H,23,27). The van der Waals surface area contributed by atoms with E-state index in [0.29, 0.717) is 49.6 Å². The zero-order chi connectivity index (χ0) is 20.8. The number of likely N-dealkylation sites (tertiary alicyclic amines) is 1. The van der Waals surface area contributed by atoms with Crippen LogP contribution < -0.4 is 5.32 Å². The van der Waals surface area contributed by atoms with Crippen LogP contribution in [0.25, 0.3) is 0 Å². The first-order valence-electron chi connectivity index (χ1n) is 9.36. The highest BCUT2D eigenvalue weighted by atomic mass is 35.5. The molecule has 2 amide bonds. The van der Waals surface area contributed by atoms with Gasteiger partial charge in [-0.3, -0.25) is 9.59 Å². The summed E-state index contributed by atoms with van der Waals surface area (Å²) in [6, 6.07) is 6.55. The van der Waals surface area contributed by atoms with E-state index < -0.39 is 0 Å². The van der Waals surface area contributed by atoms with Crippen molar-refractivity contribution in [2.75, 3.05) is 25.9 Å². The Labute approximate surface area is 178 Å². The fraction of sp³-hybridized carbons (Fsp3) is 0.400. The van der Waals surface area contributed by atoms with E-state index in [0.717, 1.165) is 0 Å². The number of carbonyl (C=O) groups is 2. The van der Waals surface area contributed by atoms with Gasteiger partial charge in [0.1, 0.15) is 5.82 Å². The van der Waals surface area contributed by atoms with Crippen molar-refractivity contribution >= 4 is 35.2 Å². The van der Waals surface area contributed by atoms with Gasteiger partial charge in [-0.1, -0.05) is 41.6 Å². The Kier molecular flexibility index (Phi) is 7.44. The summed E-state index contributed by atoms with van der Waals surface area (Å²) in [5.74, 6) is -0.729. The predicted octanol–water partition coefficient (Wildman–Crippen LogP) is 3.20. The van der Waals surface area contributed by atoms with Gasteiger partial charge in [0.05, 0.1) is 11.2 Å². The van der Waals surface area contributed by atoms with Gasteiger partial charge in [-0.15, -0.1) is 0 Å². The van der Waals surface area contributed by atoms with Crippen molar-refractivity contribution in [3.63, 3.8) is 0 Å². The number of amides is 2. The normalized spacial score (nSPS) is 14.7. The van der Waals surface area contributed by atoms with Crippen molar-refractivity contribution in [1.82, 2.24) is 20.2 Å². The number of aromatic nitrogens is 2. The Bertz CT molecular complexity index is 891. The number of hydrogen-bond acceptors (Lipinski definition) is 5. The Balaban J connectivity index is 1.49. The van der Waals surface area contributed by atoms with Crippen molar-refractivity contribution in [2.24, 2.45) is 5.92 Å². The van der Waals surface area contributed by atoms with Crippen LogP contribution in [-0.2, 0) is 11.2 Å². The van der Waals surface area contributed by atoms with E-state index in [-0.39, 0.29) is 34.3 Å². The quantitative estimate of drug-likeness (QED) is 0.556. The minimum atomic E-state index is -0.262. The molecule has 1 fully saturated rings. The van der Waals surface area contributed by atoms with Crippen LogP contribution >= 0.6 is 23.4 Å². The molecule has 29 heavy (non-hydrogen) atoms. The number of halogens is 2. The molecule has 0 spiro atoms. The predicted molar refractivity (Wildman–Crippen MR) is 111 cm³/mol. The lowest BCUT2D eigenvalue weighted by molar-refractivity contribution is -0.126. The highest BCUT2D eigenvalue weighted by molar-refractivity contribution is 7.98. The Hall–Kier alpha value is -2.19. The maximum atomic E-state index is 13.6. The van der Waals surface area contributed by atoms with Crippen LogP contribution in [0.3, 0.4) is 0 Å². The lowest BCUT2D eigenvalue weighted by Gasteiger charge is -2.31. The molecule has 0 radical (unpaired) electrons. The van der Waals surface area contributed by atoms with Crippen molar-refractivity contribution in [2.45, 2.75) is 24.4 Å². The van der Waals surface area contributed by atoms with Crippen LogP contribution in [0.4, 0.5) is 4.39 Å². The van der Waals surface area contributed by atoms with Crippen LogP contribution in [0, 0.1) is 11.7 Å². The maximum Gasteiger partial charge on any atom is 0.274 e. The van der Waals surface area contributed by atoms with Crippen LogP contribution in [0.5, 0.6) is 0 Å². The van der Waals surface area contributed by atoms with Crippen LogP contribution in [-0.4, -0.2) is 52.6 Å². The monoisotopic (exact) mass is 436 g/mol. The number of hydrogen-bond donors (Lipinski definition) is 1. The van der Waals surface area contributed by atoms with Gasteiger partial charge in [0.15, 0.2) is 10.9 Å². The number of thioether (sulfide) groups is 1. The smallest absolute Gasteiger partial charge is 0.274 e. The molecule has 3 rings (SSSR count). The summed E-state index contributed by atoms with van der Waals surface area (Å²) in [6.07, 6.45) is 4.83. The minimum Gasteiger partial charge on any atom is -0.356 e. The van der Waals surface area contributed by atoms with Gasteiger partial charge in [-0.25, -0.2) is 14.4 Å². The summed E-state index contributed by atoms with van der Waals surface area (Å²) in [6.45, 7) is 1.30. The molecule has 1 saturated heterocycles. The van der Waals surface area contributed by atoms with Gasteiger partial charge in [0.25, 0.3) is 5.91 Å². The maximum absolute atomic E-state index is 13.6. The second-order valence-corrected chi connectivity index (χ2v) is 7.93. The van der Waals surface area contributed by atoms with E-state index in [1.165, 1.54) is 24.0 Å². The highest BCUT2D eigenvalue weighted by Gasteiger charge is 2.29. The fourth-order valence-electron chi connectivity index (χ4n) is 3.26. The molecular formula is C20H22ClFN4O2S. The topological polar surface area (TPSA) is 75.2 Å². The van der Waals surface area contributed by atoms with Crippen LogP contribution in [0.2, 0.25) is 5.02 Å². The van der Waals surface area contributed by atoms with Gasteiger partial charge in [0, 0.05) is 25.6 Å². The molecule has 1 N–H and O–H groups in total. The van der Waals surface area contributed by atoms with E-state index in [2.05, 4.69) is 15.3 Å². The average Bonchev–Trinajstić information content (AvgIpc) is 2.75.